The van der Waals surface area contributed by atoms with E-state index in [2.05, 4.69) is 5.16 Å². The van der Waals surface area contributed by atoms with E-state index in [1.807, 2.05) is 0 Å². The zero-order chi connectivity index (χ0) is 12.4. The van der Waals surface area contributed by atoms with Gasteiger partial charge in [0.15, 0.2) is 6.10 Å². The minimum Gasteiger partial charge on any atom is -0.468 e. The molecule has 0 fully saturated rings. The van der Waals surface area contributed by atoms with Gasteiger partial charge in [-0.1, -0.05) is 17.3 Å². The van der Waals surface area contributed by atoms with E-state index in [-0.39, 0.29) is 5.82 Å². The Labute approximate surface area is 98.0 Å². The molecular formula is C12H12FNO3. The Kier molecular flexibility index (Phi) is 3.08. The molecule has 1 aliphatic heterocycles. The van der Waals surface area contributed by atoms with Crippen molar-refractivity contribution in [1.82, 2.24) is 0 Å². The summed E-state index contributed by atoms with van der Waals surface area (Å²) >= 11 is 0. The summed E-state index contributed by atoms with van der Waals surface area (Å²) in [6, 6.07) is 5.79. The Morgan fingerprint density at radius 2 is 2.06 bits per heavy atom. The Balaban J connectivity index is 2.27. The molecule has 0 aromatic heterocycles. The molecule has 2 rings (SSSR count). The summed E-state index contributed by atoms with van der Waals surface area (Å²) in [5.41, 5.74) is 1.26. The molecule has 90 valence electrons. The normalized spacial score (nSPS) is 22.9. The molecule has 0 spiro atoms. The van der Waals surface area contributed by atoms with Gasteiger partial charge in [-0.2, -0.15) is 0 Å². The van der Waals surface area contributed by atoms with Gasteiger partial charge in [-0.3, -0.25) is 4.79 Å². The lowest BCUT2D eigenvalue weighted by Crippen LogP contribution is -2.26. The predicted molar refractivity (Wildman–Crippen MR) is 58.8 cm³/mol. The summed E-state index contributed by atoms with van der Waals surface area (Å²) in [5, 5.41) is 3.79. The molecular weight excluding hydrogens is 225 g/mol. The first kappa shape index (κ1) is 11.6. The molecule has 1 aliphatic rings. The number of hydrogen-bond acceptors (Lipinski definition) is 4. The number of hydrogen-bond donors (Lipinski definition) is 0. The first-order valence-corrected chi connectivity index (χ1v) is 5.17. The quantitative estimate of drug-likeness (QED) is 0.740. The number of benzene rings is 1. The van der Waals surface area contributed by atoms with Gasteiger partial charge in [-0.05, 0) is 24.6 Å². The van der Waals surface area contributed by atoms with Crippen LogP contribution in [0.25, 0.3) is 0 Å². The van der Waals surface area contributed by atoms with Crippen LogP contribution >= 0.6 is 0 Å². The van der Waals surface area contributed by atoms with E-state index in [1.165, 1.54) is 19.2 Å². The van der Waals surface area contributed by atoms with Crippen molar-refractivity contribution >= 4 is 11.7 Å². The average Bonchev–Trinajstić information content (AvgIpc) is 2.71. The highest BCUT2D eigenvalue weighted by molar-refractivity contribution is 6.02. The minimum absolute atomic E-state index is 0.334. The maximum atomic E-state index is 12.8. The zero-order valence-electron chi connectivity index (χ0n) is 9.51. The van der Waals surface area contributed by atoms with Gasteiger partial charge in [0.1, 0.15) is 11.7 Å². The second kappa shape index (κ2) is 4.53. The van der Waals surface area contributed by atoms with Gasteiger partial charge in [0.25, 0.3) is 0 Å². The van der Waals surface area contributed by atoms with E-state index in [1.54, 1.807) is 19.1 Å². The molecule has 0 saturated heterocycles. The van der Waals surface area contributed by atoms with Gasteiger partial charge in [0.2, 0.25) is 0 Å². The molecule has 0 aliphatic carbocycles. The van der Waals surface area contributed by atoms with E-state index < -0.39 is 18.0 Å². The van der Waals surface area contributed by atoms with Crippen LogP contribution < -0.4 is 0 Å². The highest BCUT2D eigenvalue weighted by Crippen LogP contribution is 2.33. The third-order valence-electron chi connectivity index (χ3n) is 2.72. The third kappa shape index (κ3) is 2.13. The number of esters is 1. The lowest BCUT2D eigenvalue weighted by molar-refractivity contribution is -0.146. The number of oxime groups is 1. The summed E-state index contributed by atoms with van der Waals surface area (Å²) < 4.78 is 17.5. The molecule has 0 bridgehead atoms. The Morgan fingerprint density at radius 3 is 2.65 bits per heavy atom. The van der Waals surface area contributed by atoms with Crippen LogP contribution in [0.5, 0.6) is 0 Å². The van der Waals surface area contributed by atoms with E-state index >= 15 is 0 Å². The van der Waals surface area contributed by atoms with Gasteiger partial charge < -0.3 is 9.57 Å². The fourth-order valence-electron chi connectivity index (χ4n) is 1.80. The van der Waals surface area contributed by atoms with Crippen molar-refractivity contribution in [3.05, 3.63) is 35.6 Å². The molecule has 0 amide bonds. The molecule has 1 heterocycles. The Hall–Kier alpha value is -1.91. The highest BCUT2D eigenvalue weighted by atomic mass is 19.1. The summed E-state index contributed by atoms with van der Waals surface area (Å²) in [5.74, 6) is -1.30. The molecule has 5 heteroatoms. The topological polar surface area (TPSA) is 47.9 Å². The third-order valence-corrected chi connectivity index (χ3v) is 2.72. The molecule has 0 N–H and O–H groups in total. The predicted octanol–water partition coefficient (Wildman–Crippen LogP) is 2.06. The lowest BCUT2D eigenvalue weighted by atomic mass is 9.93. The zero-order valence-corrected chi connectivity index (χ0v) is 9.51. The molecule has 1 aromatic rings. The van der Waals surface area contributed by atoms with Crippen LogP contribution in [0.3, 0.4) is 0 Å². The average molecular weight is 237 g/mol. The molecule has 2 atom stereocenters. The van der Waals surface area contributed by atoms with Crippen LogP contribution in [-0.2, 0) is 14.4 Å². The van der Waals surface area contributed by atoms with Gasteiger partial charge in [0, 0.05) is 0 Å². The van der Waals surface area contributed by atoms with Crippen molar-refractivity contribution in [2.45, 2.75) is 13.0 Å². The smallest absolute Gasteiger partial charge is 0.318 e. The van der Waals surface area contributed by atoms with Crippen molar-refractivity contribution in [2.75, 3.05) is 7.11 Å². The summed E-state index contributed by atoms with van der Waals surface area (Å²) in [6.45, 7) is 1.70. The van der Waals surface area contributed by atoms with Crippen molar-refractivity contribution in [3.63, 3.8) is 0 Å². The van der Waals surface area contributed by atoms with E-state index in [0.29, 0.717) is 11.3 Å². The standard InChI is InChI=1S/C12H12FNO3/c1-7-10(12(15)16-2)11(17-14-7)8-3-5-9(13)6-4-8/h3-6,10-11H,1-2H3. The SMILES string of the molecule is COC(=O)C1C(C)=NOC1c1ccc(F)cc1. The van der Waals surface area contributed by atoms with Gasteiger partial charge in [-0.15, -0.1) is 0 Å². The maximum absolute atomic E-state index is 12.8. The van der Waals surface area contributed by atoms with Gasteiger partial charge in [-0.25, -0.2) is 4.39 Å². The Bertz CT molecular complexity index is 455. The van der Waals surface area contributed by atoms with Crippen LogP contribution in [-0.4, -0.2) is 18.8 Å². The van der Waals surface area contributed by atoms with Gasteiger partial charge >= 0.3 is 5.97 Å². The monoisotopic (exact) mass is 237 g/mol. The number of carbonyl (C=O) groups excluding carboxylic acids is 1. The number of nitrogens with zero attached hydrogens (tertiary/aromatic N) is 1. The number of methoxy groups -OCH3 is 1. The number of halogens is 1. The number of carbonyl (C=O) groups is 1. The van der Waals surface area contributed by atoms with E-state index in [9.17, 15) is 9.18 Å². The maximum Gasteiger partial charge on any atom is 0.318 e. The van der Waals surface area contributed by atoms with Crippen LogP contribution in [0.15, 0.2) is 29.4 Å². The molecule has 17 heavy (non-hydrogen) atoms. The molecule has 0 saturated carbocycles. The second-order valence-electron chi connectivity index (χ2n) is 3.81. The van der Waals surface area contributed by atoms with Crippen molar-refractivity contribution in [2.24, 2.45) is 11.1 Å². The lowest BCUT2D eigenvalue weighted by Gasteiger charge is -2.15. The minimum atomic E-state index is -0.564. The Morgan fingerprint density at radius 1 is 1.41 bits per heavy atom. The van der Waals surface area contributed by atoms with Crippen molar-refractivity contribution in [1.29, 1.82) is 0 Å². The van der Waals surface area contributed by atoms with Crippen LogP contribution in [0.4, 0.5) is 4.39 Å². The summed E-state index contributed by atoms with van der Waals surface area (Å²) in [7, 11) is 1.32. The molecule has 2 unspecified atom stereocenters. The van der Waals surface area contributed by atoms with Crippen molar-refractivity contribution in [3.8, 4) is 0 Å². The van der Waals surface area contributed by atoms with E-state index in [0.717, 1.165) is 0 Å². The fourth-order valence-corrected chi connectivity index (χ4v) is 1.80. The molecule has 0 radical (unpaired) electrons. The van der Waals surface area contributed by atoms with Crippen LogP contribution in [0.1, 0.15) is 18.6 Å². The first-order chi connectivity index (χ1) is 8.13. The van der Waals surface area contributed by atoms with Crippen LogP contribution in [0.2, 0.25) is 0 Å². The summed E-state index contributed by atoms with van der Waals surface area (Å²) in [4.78, 5) is 16.8. The van der Waals surface area contributed by atoms with Crippen molar-refractivity contribution < 1.29 is 18.8 Å². The highest BCUT2D eigenvalue weighted by Gasteiger charge is 2.39. The molecule has 1 aromatic carbocycles. The van der Waals surface area contributed by atoms with Gasteiger partial charge in [0.05, 0.1) is 12.8 Å². The fraction of sp³-hybridized carbons (Fsp3) is 0.333. The first-order valence-electron chi connectivity index (χ1n) is 5.17. The number of ether oxygens (including phenoxy) is 1. The van der Waals surface area contributed by atoms with Crippen LogP contribution in [0, 0.1) is 11.7 Å². The second-order valence-corrected chi connectivity index (χ2v) is 3.81. The molecule has 4 nitrogen and oxygen atoms in total. The number of rotatable bonds is 2. The largest absolute Gasteiger partial charge is 0.468 e. The van der Waals surface area contributed by atoms with E-state index in [4.69, 9.17) is 9.57 Å². The summed E-state index contributed by atoms with van der Waals surface area (Å²) in [6.07, 6.45) is -0.539.